The summed E-state index contributed by atoms with van der Waals surface area (Å²) in [6, 6.07) is 4.64. The first-order valence-electron chi connectivity index (χ1n) is 7.09. The second-order valence-electron chi connectivity index (χ2n) is 5.84. The maximum absolute atomic E-state index is 12.8. The number of aliphatic carboxylic acids is 1. The topological polar surface area (TPSA) is 70.5 Å². The summed E-state index contributed by atoms with van der Waals surface area (Å²) in [5, 5.41) is 10.8. The lowest BCUT2D eigenvalue weighted by atomic mass is 10.0. The minimum Gasteiger partial charge on any atom is -0.480 e. The van der Waals surface area contributed by atoms with Crippen molar-refractivity contribution in [1.29, 1.82) is 0 Å². The van der Waals surface area contributed by atoms with Gasteiger partial charge in [0.2, 0.25) is 0 Å². The zero-order valence-electron chi connectivity index (χ0n) is 13.6. The molecule has 2 aromatic rings. The molecule has 0 unspecified atom stereocenters. The standard InChI is InChI=1S/C16H15F3N2O3S/c1-15(2,14(23)24)21(3)13(22)11-8-25-12(20-11)9-5-4-6-10(7-9)16(17,18)19/h4-8H,1-3H3,(H,23,24). The number of alkyl halides is 3. The molecule has 1 N–H and O–H groups in total. The van der Waals surface area contributed by atoms with E-state index >= 15 is 0 Å². The number of nitrogens with zero attached hydrogens (tertiary/aromatic N) is 2. The maximum atomic E-state index is 12.8. The highest BCUT2D eigenvalue weighted by atomic mass is 32.1. The van der Waals surface area contributed by atoms with Crippen LogP contribution < -0.4 is 0 Å². The van der Waals surface area contributed by atoms with Crippen molar-refractivity contribution in [3.63, 3.8) is 0 Å². The zero-order valence-corrected chi connectivity index (χ0v) is 14.4. The SMILES string of the molecule is CN(C(=O)c1csc(-c2cccc(C(F)(F)F)c2)n1)C(C)(C)C(=O)O. The molecule has 0 aliphatic carbocycles. The molecule has 1 amide bonds. The van der Waals surface area contributed by atoms with Gasteiger partial charge < -0.3 is 10.0 Å². The quantitative estimate of drug-likeness (QED) is 0.887. The lowest BCUT2D eigenvalue weighted by Gasteiger charge is -2.30. The molecule has 9 heteroatoms. The lowest BCUT2D eigenvalue weighted by Crippen LogP contribution is -2.50. The fourth-order valence-electron chi connectivity index (χ4n) is 1.90. The van der Waals surface area contributed by atoms with Gasteiger partial charge in [0, 0.05) is 18.0 Å². The van der Waals surface area contributed by atoms with E-state index < -0.39 is 29.2 Å². The Balaban J connectivity index is 2.32. The van der Waals surface area contributed by atoms with Crippen molar-refractivity contribution in [3.8, 4) is 10.6 Å². The Bertz CT molecular complexity index is 815. The van der Waals surface area contributed by atoms with Crippen molar-refractivity contribution in [2.45, 2.75) is 25.6 Å². The molecule has 0 fully saturated rings. The summed E-state index contributed by atoms with van der Waals surface area (Å²) >= 11 is 1.01. The number of carbonyl (C=O) groups excluding carboxylic acids is 1. The highest BCUT2D eigenvalue weighted by Crippen LogP contribution is 2.33. The summed E-state index contributed by atoms with van der Waals surface area (Å²) < 4.78 is 38.4. The van der Waals surface area contributed by atoms with Gasteiger partial charge in [-0.1, -0.05) is 12.1 Å². The second kappa shape index (κ2) is 6.47. The molecular weight excluding hydrogens is 357 g/mol. The van der Waals surface area contributed by atoms with Gasteiger partial charge in [0.05, 0.1) is 5.56 Å². The first-order chi connectivity index (χ1) is 11.4. The normalized spacial score (nSPS) is 12.1. The Morgan fingerprint density at radius 1 is 1.24 bits per heavy atom. The van der Waals surface area contributed by atoms with Crippen molar-refractivity contribution in [2.24, 2.45) is 0 Å². The van der Waals surface area contributed by atoms with Gasteiger partial charge in [0.1, 0.15) is 16.2 Å². The number of halogens is 3. The Morgan fingerprint density at radius 3 is 2.44 bits per heavy atom. The van der Waals surface area contributed by atoms with E-state index in [0.29, 0.717) is 0 Å². The van der Waals surface area contributed by atoms with Gasteiger partial charge in [-0.3, -0.25) is 4.79 Å². The molecule has 1 aromatic heterocycles. The molecule has 2 rings (SSSR count). The molecule has 0 aliphatic heterocycles. The number of hydrogen-bond donors (Lipinski definition) is 1. The number of rotatable bonds is 4. The molecule has 0 atom stereocenters. The lowest BCUT2D eigenvalue weighted by molar-refractivity contribution is -0.147. The number of amides is 1. The van der Waals surface area contributed by atoms with Crippen LogP contribution >= 0.6 is 11.3 Å². The predicted octanol–water partition coefficient (Wildman–Crippen LogP) is 3.76. The Kier molecular flexibility index (Phi) is 4.90. The van der Waals surface area contributed by atoms with Crippen LogP contribution in [-0.2, 0) is 11.0 Å². The van der Waals surface area contributed by atoms with Crippen LogP contribution in [0.4, 0.5) is 13.2 Å². The number of benzene rings is 1. The van der Waals surface area contributed by atoms with E-state index in [4.69, 9.17) is 0 Å². The molecule has 0 aliphatic rings. The van der Waals surface area contributed by atoms with E-state index in [1.54, 1.807) is 0 Å². The second-order valence-corrected chi connectivity index (χ2v) is 6.70. The summed E-state index contributed by atoms with van der Waals surface area (Å²) in [6.07, 6.45) is -4.47. The van der Waals surface area contributed by atoms with Gasteiger partial charge in [0.15, 0.2) is 0 Å². The third kappa shape index (κ3) is 3.81. The van der Waals surface area contributed by atoms with Crippen LogP contribution in [0.5, 0.6) is 0 Å². The minimum atomic E-state index is -4.47. The number of aromatic nitrogens is 1. The number of likely N-dealkylation sites (N-methyl/N-ethyl adjacent to an activating group) is 1. The fourth-order valence-corrected chi connectivity index (χ4v) is 2.69. The van der Waals surface area contributed by atoms with Gasteiger partial charge in [-0.2, -0.15) is 13.2 Å². The summed E-state index contributed by atoms with van der Waals surface area (Å²) in [7, 11) is 1.33. The number of carboxylic acids is 1. The van der Waals surface area contributed by atoms with Crippen LogP contribution in [0.1, 0.15) is 29.9 Å². The van der Waals surface area contributed by atoms with Gasteiger partial charge >= 0.3 is 12.1 Å². The number of hydrogen-bond acceptors (Lipinski definition) is 4. The molecule has 1 aromatic carbocycles. The molecule has 0 saturated carbocycles. The van der Waals surface area contributed by atoms with E-state index in [1.807, 2.05) is 0 Å². The summed E-state index contributed by atoms with van der Waals surface area (Å²) in [5.41, 5.74) is -2.04. The monoisotopic (exact) mass is 372 g/mol. The van der Waals surface area contributed by atoms with E-state index in [9.17, 15) is 27.9 Å². The fraction of sp³-hybridized carbons (Fsp3) is 0.312. The van der Waals surface area contributed by atoms with E-state index in [2.05, 4.69) is 4.98 Å². The first-order valence-corrected chi connectivity index (χ1v) is 7.97. The maximum Gasteiger partial charge on any atom is 0.416 e. The molecule has 5 nitrogen and oxygen atoms in total. The van der Waals surface area contributed by atoms with Crippen molar-refractivity contribution >= 4 is 23.2 Å². The van der Waals surface area contributed by atoms with Crippen molar-refractivity contribution < 1.29 is 27.9 Å². The van der Waals surface area contributed by atoms with Crippen molar-refractivity contribution in [2.75, 3.05) is 7.05 Å². The molecular formula is C16H15F3N2O3S. The minimum absolute atomic E-state index is 0.0192. The Hall–Kier alpha value is -2.42. The Labute approximate surface area is 145 Å². The Morgan fingerprint density at radius 2 is 1.88 bits per heavy atom. The summed E-state index contributed by atoms with van der Waals surface area (Å²) in [5.74, 6) is -1.81. The highest BCUT2D eigenvalue weighted by Gasteiger charge is 2.36. The predicted molar refractivity (Wildman–Crippen MR) is 86.4 cm³/mol. The van der Waals surface area contributed by atoms with E-state index in [1.165, 1.54) is 38.4 Å². The van der Waals surface area contributed by atoms with Gasteiger partial charge in [-0.25, -0.2) is 9.78 Å². The van der Waals surface area contributed by atoms with Crippen molar-refractivity contribution in [1.82, 2.24) is 9.88 Å². The summed E-state index contributed by atoms with van der Waals surface area (Å²) in [6.45, 7) is 2.74. The molecule has 0 spiro atoms. The molecule has 0 radical (unpaired) electrons. The highest BCUT2D eigenvalue weighted by molar-refractivity contribution is 7.13. The van der Waals surface area contributed by atoms with Crippen LogP contribution in [-0.4, -0.2) is 39.5 Å². The number of thiazole rings is 1. The van der Waals surface area contributed by atoms with Gasteiger partial charge in [0.25, 0.3) is 5.91 Å². The van der Waals surface area contributed by atoms with E-state index in [-0.39, 0.29) is 16.3 Å². The molecule has 1 heterocycles. The zero-order chi connectivity index (χ0) is 19.0. The smallest absolute Gasteiger partial charge is 0.416 e. The number of carbonyl (C=O) groups is 2. The third-order valence-electron chi connectivity index (χ3n) is 3.83. The van der Waals surface area contributed by atoms with Gasteiger partial charge in [-0.05, 0) is 26.0 Å². The number of carboxylic acid groups (broad SMARTS) is 1. The van der Waals surface area contributed by atoms with Crippen LogP contribution in [0.15, 0.2) is 29.6 Å². The van der Waals surface area contributed by atoms with E-state index in [0.717, 1.165) is 28.4 Å². The molecule has 25 heavy (non-hydrogen) atoms. The average molecular weight is 372 g/mol. The van der Waals surface area contributed by atoms with Crippen LogP contribution in [0.25, 0.3) is 10.6 Å². The van der Waals surface area contributed by atoms with Gasteiger partial charge in [-0.15, -0.1) is 11.3 Å². The average Bonchev–Trinajstić information content (AvgIpc) is 3.02. The van der Waals surface area contributed by atoms with Crippen LogP contribution in [0, 0.1) is 0 Å². The largest absolute Gasteiger partial charge is 0.480 e. The molecule has 134 valence electrons. The van der Waals surface area contributed by atoms with Crippen LogP contribution in [0.2, 0.25) is 0 Å². The van der Waals surface area contributed by atoms with Crippen LogP contribution in [0.3, 0.4) is 0 Å². The third-order valence-corrected chi connectivity index (χ3v) is 4.72. The molecule has 0 saturated heterocycles. The first kappa shape index (κ1) is 18.9. The van der Waals surface area contributed by atoms with Crippen molar-refractivity contribution in [3.05, 3.63) is 40.9 Å². The molecule has 0 bridgehead atoms. The summed E-state index contributed by atoms with van der Waals surface area (Å²) in [4.78, 5) is 28.7.